The van der Waals surface area contributed by atoms with Crippen LogP contribution in [0.3, 0.4) is 0 Å². The predicted molar refractivity (Wildman–Crippen MR) is 104 cm³/mol. The first-order chi connectivity index (χ1) is 14.7. The van der Waals surface area contributed by atoms with E-state index in [-0.39, 0.29) is 25.2 Å². The van der Waals surface area contributed by atoms with E-state index in [2.05, 4.69) is 5.92 Å². The molecule has 3 atom stereocenters. The minimum atomic E-state index is -5.44. The number of carbonyl (C=O) groups excluding carboxylic acids is 2. The molecule has 1 aromatic heterocycles. The fraction of sp³-hybridized carbons (Fsp3) is 0.600. The van der Waals surface area contributed by atoms with Crippen LogP contribution >= 0.6 is 0 Å². The number of hydrogen-bond donors (Lipinski definition) is 0. The quantitative estimate of drug-likeness (QED) is 0.483. The lowest BCUT2D eigenvalue weighted by Crippen LogP contribution is -2.49. The number of aryl methyl sites for hydroxylation is 1. The van der Waals surface area contributed by atoms with Crippen LogP contribution in [0.15, 0.2) is 15.8 Å². The molecule has 0 spiro atoms. The van der Waals surface area contributed by atoms with Gasteiger partial charge >= 0.3 is 23.7 Å². The number of rotatable bonds is 5. The number of halogens is 3. The molecule has 0 aliphatic carbocycles. The average molecular weight is 460 g/mol. The van der Waals surface area contributed by atoms with Gasteiger partial charge in [0, 0.05) is 18.2 Å². The average Bonchev–Trinajstić information content (AvgIpc) is 3.08. The van der Waals surface area contributed by atoms with Crippen molar-refractivity contribution in [1.82, 2.24) is 9.13 Å². The van der Waals surface area contributed by atoms with Crippen LogP contribution in [0.2, 0.25) is 0 Å². The molecule has 2 heterocycles. The predicted octanol–water partition coefficient (Wildman–Crippen LogP) is 1.42. The second kappa shape index (κ2) is 9.30. The summed E-state index contributed by atoms with van der Waals surface area (Å²) >= 11 is 0. The van der Waals surface area contributed by atoms with Crippen molar-refractivity contribution in [1.29, 1.82) is 0 Å². The summed E-state index contributed by atoms with van der Waals surface area (Å²) in [6, 6.07) is 0. The molecule has 12 heteroatoms. The standard InChI is InChI=1S/C20H23F3N2O7/c1-6-7-30-12-8-14(32-13(12)10-31-17(28)19(3,4)5)24-9-11(2)15(26)25(18(24)29)16(27)20(21,22)23/h1,9,12-14H,7-8,10H2,2-5H3/t12-,13+,14+/m0/s1. The number of esters is 1. The molecule has 0 aromatic carbocycles. The van der Waals surface area contributed by atoms with E-state index < -0.39 is 57.7 Å². The van der Waals surface area contributed by atoms with Gasteiger partial charge in [0.2, 0.25) is 0 Å². The number of alkyl halides is 3. The Hall–Kier alpha value is -2.91. The van der Waals surface area contributed by atoms with Crippen molar-refractivity contribution in [3.63, 3.8) is 0 Å². The van der Waals surface area contributed by atoms with Crippen molar-refractivity contribution in [3.8, 4) is 12.3 Å². The van der Waals surface area contributed by atoms with E-state index in [0.717, 1.165) is 13.1 Å². The summed E-state index contributed by atoms with van der Waals surface area (Å²) in [5.41, 5.74) is -3.98. The van der Waals surface area contributed by atoms with Gasteiger partial charge in [-0.05, 0) is 27.7 Å². The maximum atomic E-state index is 12.9. The molecule has 0 amide bonds. The molecule has 0 bridgehead atoms. The topological polar surface area (TPSA) is 106 Å². The Morgan fingerprint density at radius 3 is 2.44 bits per heavy atom. The lowest BCUT2D eigenvalue weighted by Gasteiger charge is -2.21. The molecule has 1 fully saturated rings. The minimum Gasteiger partial charge on any atom is -0.462 e. The van der Waals surface area contributed by atoms with E-state index in [0.29, 0.717) is 4.57 Å². The highest BCUT2D eigenvalue weighted by molar-refractivity contribution is 5.84. The number of hydrogen-bond acceptors (Lipinski definition) is 7. The summed E-state index contributed by atoms with van der Waals surface area (Å²) in [7, 11) is 0. The number of aromatic nitrogens is 2. The van der Waals surface area contributed by atoms with Gasteiger partial charge < -0.3 is 14.2 Å². The number of carbonyl (C=O) groups is 2. The third-order valence-electron chi connectivity index (χ3n) is 4.59. The number of ether oxygens (including phenoxy) is 3. The van der Waals surface area contributed by atoms with Gasteiger partial charge in [0.15, 0.2) is 0 Å². The molecule has 176 valence electrons. The summed E-state index contributed by atoms with van der Waals surface area (Å²) < 4.78 is 55.3. The Morgan fingerprint density at radius 2 is 1.91 bits per heavy atom. The lowest BCUT2D eigenvalue weighted by atomic mass is 9.97. The molecular weight excluding hydrogens is 437 g/mol. The highest BCUT2D eigenvalue weighted by Crippen LogP contribution is 2.31. The largest absolute Gasteiger partial charge is 0.472 e. The molecule has 1 saturated heterocycles. The zero-order valence-corrected chi connectivity index (χ0v) is 17.9. The van der Waals surface area contributed by atoms with Gasteiger partial charge in [-0.1, -0.05) is 5.92 Å². The monoisotopic (exact) mass is 460 g/mol. The van der Waals surface area contributed by atoms with Crippen molar-refractivity contribution in [3.05, 3.63) is 32.6 Å². The molecule has 0 unspecified atom stereocenters. The van der Waals surface area contributed by atoms with Crippen LogP contribution in [0.5, 0.6) is 0 Å². The smallest absolute Gasteiger partial charge is 0.462 e. The van der Waals surface area contributed by atoms with Crippen molar-refractivity contribution >= 4 is 11.9 Å². The Bertz CT molecular complexity index is 1040. The number of terminal acetylenes is 1. The fourth-order valence-corrected chi connectivity index (χ4v) is 2.94. The third-order valence-corrected chi connectivity index (χ3v) is 4.59. The van der Waals surface area contributed by atoms with E-state index in [4.69, 9.17) is 20.6 Å². The van der Waals surface area contributed by atoms with Crippen molar-refractivity contribution in [2.45, 2.75) is 58.7 Å². The second-order valence-electron chi connectivity index (χ2n) is 8.21. The van der Waals surface area contributed by atoms with Gasteiger partial charge in [-0.25, -0.2) is 4.79 Å². The Kier molecular flexibility index (Phi) is 7.36. The maximum Gasteiger partial charge on any atom is 0.472 e. The zero-order valence-electron chi connectivity index (χ0n) is 17.9. The van der Waals surface area contributed by atoms with Gasteiger partial charge in [0.05, 0.1) is 11.5 Å². The van der Waals surface area contributed by atoms with E-state index in [9.17, 15) is 32.3 Å². The molecule has 0 N–H and O–H groups in total. The molecule has 9 nitrogen and oxygen atoms in total. The van der Waals surface area contributed by atoms with Gasteiger partial charge in [0.25, 0.3) is 5.56 Å². The van der Waals surface area contributed by atoms with Gasteiger partial charge in [-0.15, -0.1) is 6.42 Å². The first-order valence-electron chi connectivity index (χ1n) is 9.52. The Morgan fingerprint density at radius 1 is 1.28 bits per heavy atom. The molecule has 2 rings (SSSR count). The molecular formula is C20H23F3N2O7. The molecule has 32 heavy (non-hydrogen) atoms. The van der Waals surface area contributed by atoms with E-state index in [1.54, 1.807) is 20.8 Å². The van der Waals surface area contributed by atoms with Crippen LogP contribution in [-0.4, -0.2) is 52.6 Å². The summed E-state index contributed by atoms with van der Waals surface area (Å²) in [5.74, 6) is -0.884. The normalized spacial score (nSPS) is 21.2. The molecule has 1 aliphatic heterocycles. The summed E-state index contributed by atoms with van der Waals surface area (Å²) in [4.78, 5) is 48.4. The van der Waals surface area contributed by atoms with E-state index in [1.165, 1.54) is 0 Å². The molecule has 1 aliphatic rings. The van der Waals surface area contributed by atoms with Crippen LogP contribution in [0.25, 0.3) is 0 Å². The fourth-order valence-electron chi connectivity index (χ4n) is 2.94. The van der Waals surface area contributed by atoms with E-state index in [1.807, 2.05) is 0 Å². The molecule has 0 saturated carbocycles. The SMILES string of the molecule is C#CCO[C@H]1C[C@H](n2cc(C)c(=O)n(C(=O)C(F)(F)F)c2=O)O[C@@H]1COC(=O)C(C)(C)C. The molecule has 1 aromatic rings. The summed E-state index contributed by atoms with van der Waals surface area (Å²) in [6.45, 7) is 5.68. The van der Waals surface area contributed by atoms with Crippen LogP contribution in [0, 0.1) is 24.7 Å². The van der Waals surface area contributed by atoms with Gasteiger partial charge in [-0.3, -0.25) is 19.0 Å². The van der Waals surface area contributed by atoms with Crippen LogP contribution in [0.4, 0.5) is 13.2 Å². The van der Waals surface area contributed by atoms with E-state index >= 15 is 0 Å². The van der Waals surface area contributed by atoms with Crippen LogP contribution in [-0.2, 0) is 19.0 Å². The highest BCUT2D eigenvalue weighted by atomic mass is 19.4. The Labute approximate surface area is 181 Å². The Balaban J connectivity index is 2.39. The molecule has 0 radical (unpaired) electrons. The van der Waals surface area contributed by atoms with Crippen molar-refractivity contribution in [2.24, 2.45) is 5.41 Å². The highest BCUT2D eigenvalue weighted by Gasteiger charge is 2.44. The maximum absolute atomic E-state index is 12.9. The van der Waals surface area contributed by atoms with Gasteiger partial charge in [0.1, 0.15) is 25.5 Å². The van der Waals surface area contributed by atoms with Gasteiger partial charge in [-0.2, -0.15) is 17.7 Å². The summed E-state index contributed by atoms with van der Waals surface area (Å²) in [5, 5.41) is 0. The van der Waals surface area contributed by atoms with Crippen LogP contribution in [0.1, 0.15) is 43.8 Å². The van der Waals surface area contributed by atoms with Crippen LogP contribution < -0.4 is 11.2 Å². The lowest BCUT2D eigenvalue weighted by molar-refractivity contribution is -0.159. The first-order valence-corrected chi connectivity index (χ1v) is 9.52. The number of nitrogens with zero attached hydrogens (tertiary/aromatic N) is 2. The first kappa shape index (κ1) is 25.4. The minimum absolute atomic E-state index is 0.0584. The second-order valence-corrected chi connectivity index (χ2v) is 8.21. The third kappa shape index (κ3) is 5.46. The summed E-state index contributed by atoms with van der Waals surface area (Å²) in [6.07, 6.45) is -2.17. The van der Waals surface area contributed by atoms with Crippen molar-refractivity contribution in [2.75, 3.05) is 13.2 Å². The van der Waals surface area contributed by atoms with Crippen molar-refractivity contribution < 1.29 is 37.0 Å². The zero-order chi connectivity index (χ0) is 24.4.